The van der Waals surface area contributed by atoms with E-state index >= 15 is 0 Å². The van der Waals surface area contributed by atoms with Crippen LogP contribution in [0.4, 0.5) is 5.69 Å². The van der Waals surface area contributed by atoms with Crippen LogP contribution in [0.5, 0.6) is 0 Å². The summed E-state index contributed by atoms with van der Waals surface area (Å²) in [4.78, 5) is 28.2. The third kappa shape index (κ3) is 7.60. The molecule has 0 bridgehead atoms. The first-order valence-electron chi connectivity index (χ1n) is 12.0. The molecule has 1 aliphatic carbocycles. The van der Waals surface area contributed by atoms with Crippen LogP contribution in [0, 0.1) is 6.92 Å². The summed E-state index contributed by atoms with van der Waals surface area (Å²) in [5, 5.41) is 3.78. The van der Waals surface area contributed by atoms with Gasteiger partial charge >= 0.3 is 0 Å². The molecule has 0 aromatic heterocycles. The topological polar surface area (TPSA) is 86.8 Å². The van der Waals surface area contributed by atoms with Gasteiger partial charge in [0.05, 0.1) is 22.0 Å². The number of sulfonamides is 1. The van der Waals surface area contributed by atoms with Gasteiger partial charge in [-0.1, -0.05) is 66.2 Å². The predicted molar refractivity (Wildman–Crippen MR) is 145 cm³/mol. The predicted octanol–water partition coefficient (Wildman–Crippen LogP) is 4.93. The first-order valence-corrected chi connectivity index (χ1v) is 14.6. The smallest absolute Gasteiger partial charge is 0.244 e. The number of benzene rings is 2. The third-order valence-corrected chi connectivity index (χ3v) is 8.34. The van der Waals surface area contributed by atoms with Gasteiger partial charge in [-0.15, -0.1) is 0 Å². The molecule has 0 unspecified atom stereocenters. The molecule has 36 heavy (non-hydrogen) atoms. The van der Waals surface area contributed by atoms with E-state index in [1.165, 1.54) is 4.90 Å². The normalized spacial score (nSPS) is 15.2. The average Bonchev–Trinajstić information content (AvgIpc) is 2.83. The summed E-state index contributed by atoms with van der Waals surface area (Å²) in [6, 6.07) is 11.1. The zero-order valence-corrected chi connectivity index (χ0v) is 23.2. The highest BCUT2D eigenvalue weighted by Crippen LogP contribution is 2.25. The molecular formula is C26H33Cl2N3O4S. The Morgan fingerprint density at radius 1 is 1.03 bits per heavy atom. The zero-order valence-electron chi connectivity index (χ0n) is 20.8. The van der Waals surface area contributed by atoms with E-state index in [-0.39, 0.29) is 18.5 Å². The van der Waals surface area contributed by atoms with Gasteiger partial charge in [0.1, 0.15) is 12.6 Å². The van der Waals surface area contributed by atoms with Gasteiger partial charge in [0.25, 0.3) is 0 Å². The minimum atomic E-state index is -3.77. The van der Waals surface area contributed by atoms with E-state index in [9.17, 15) is 18.0 Å². The molecule has 1 N–H and O–H groups in total. The van der Waals surface area contributed by atoms with E-state index in [0.717, 1.165) is 48.2 Å². The Morgan fingerprint density at radius 3 is 2.25 bits per heavy atom. The summed E-state index contributed by atoms with van der Waals surface area (Å²) in [5.74, 6) is -0.769. The van der Waals surface area contributed by atoms with Crippen LogP contribution in [0.25, 0.3) is 0 Å². The van der Waals surface area contributed by atoms with Gasteiger partial charge in [-0.05, 0) is 56.5 Å². The fourth-order valence-corrected chi connectivity index (χ4v) is 5.48. The number of carbonyl (C=O) groups is 2. The molecule has 7 nitrogen and oxygen atoms in total. The van der Waals surface area contributed by atoms with Gasteiger partial charge in [-0.2, -0.15) is 0 Å². The molecule has 3 rings (SSSR count). The van der Waals surface area contributed by atoms with E-state index in [2.05, 4.69) is 5.32 Å². The van der Waals surface area contributed by atoms with Crippen molar-refractivity contribution in [1.29, 1.82) is 0 Å². The second-order valence-electron chi connectivity index (χ2n) is 9.39. The molecule has 0 spiro atoms. The molecule has 10 heteroatoms. The highest BCUT2D eigenvalue weighted by atomic mass is 35.5. The van der Waals surface area contributed by atoms with Crippen molar-refractivity contribution in [2.45, 2.75) is 64.6 Å². The number of amides is 2. The van der Waals surface area contributed by atoms with Crippen molar-refractivity contribution < 1.29 is 18.0 Å². The zero-order chi connectivity index (χ0) is 26.5. The number of rotatable bonds is 9. The maximum atomic E-state index is 13.6. The van der Waals surface area contributed by atoms with Crippen LogP contribution in [0.3, 0.4) is 0 Å². The first-order chi connectivity index (χ1) is 17.0. The first kappa shape index (κ1) is 28.3. The molecule has 196 valence electrons. The molecule has 1 aliphatic rings. The summed E-state index contributed by atoms with van der Waals surface area (Å²) in [5.41, 5.74) is 2.02. The van der Waals surface area contributed by atoms with E-state index in [0.29, 0.717) is 21.3 Å². The quantitative estimate of drug-likeness (QED) is 0.476. The Labute approximate surface area is 223 Å². The van der Waals surface area contributed by atoms with Crippen LogP contribution in [-0.2, 0) is 26.2 Å². The maximum absolute atomic E-state index is 13.6. The van der Waals surface area contributed by atoms with Gasteiger partial charge in [0.15, 0.2) is 0 Å². The van der Waals surface area contributed by atoms with E-state index in [1.54, 1.807) is 49.4 Å². The Balaban J connectivity index is 1.88. The molecule has 0 aliphatic heterocycles. The molecule has 2 amide bonds. The van der Waals surface area contributed by atoms with Gasteiger partial charge in [0.2, 0.25) is 21.8 Å². The summed E-state index contributed by atoms with van der Waals surface area (Å²) in [7, 11) is -3.77. The standard InChI is InChI=1S/C26H33Cl2N3O4S/c1-18-9-12-22(13-10-18)31(36(3,34)35)17-25(32)30(16-20-11-14-23(27)24(28)15-20)19(2)26(33)29-21-7-5-4-6-8-21/h9-15,19,21H,4-8,16-17H2,1-3H3,(H,29,33)/t19-/m1/s1. The monoisotopic (exact) mass is 553 g/mol. The van der Waals surface area contributed by atoms with Crippen LogP contribution in [0.1, 0.15) is 50.2 Å². The maximum Gasteiger partial charge on any atom is 0.244 e. The lowest BCUT2D eigenvalue weighted by molar-refractivity contribution is -0.139. The number of hydrogen-bond acceptors (Lipinski definition) is 4. The van der Waals surface area contributed by atoms with Crippen molar-refractivity contribution in [3.8, 4) is 0 Å². The fraction of sp³-hybridized carbons (Fsp3) is 0.462. The number of aryl methyl sites for hydroxylation is 1. The number of nitrogens with zero attached hydrogens (tertiary/aromatic N) is 2. The summed E-state index contributed by atoms with van der Waals surface area (Å²) in [6.45, 7) is 3.18. The lowest BCUT2D eigenvalue weighted by Crippen LogP contribution is -2.52. The minimum absolute atomic E-state index is 0.0699. The number of hydrogen-bond donors (Lipinski definition) is 1. The van der Waals surface area contributed by atoms with Crippen LogP contribution >= 0.6 is 23.2 Å². The number of halogens is 2. The van der Waals surface area contributed by atoms with Crippen LogP contribution in [-0.4, -0.2) is 50.0 Å². The van der Waals surface area contributed by atoms with Crippen LogP contribution in [0.15, 0.2) is 42.5 Å². The number of nitrogens with one attached hydrogen (secondary N) is 1. The van der Waals surface area contributed by atoms with Gasteiger partial charge < -0.3 is 10.2 Å². The number of carbonyl (C=O) groups excluding carboxylic acids is 2. The highest BCUT2D eigenvalue weighted by Gasteiger charge is 2.31. The lowest BCUT2D eigenvalue weighted by Gasteiger charge is -2.33. The molecule has 2 aromatic rings. The van der Waals surface area contributed by atoms with Crippen molar-refractivity contribution in [3.63, 3.8) is 0 Å². The molecule has 2 aromatic carbocycles. The van der Waals surface area contributed by atoms with Crippen molar-refractivity contribution in [2.24, 2.45) is 0 Å². The van der Waals surface area contributed by atoms with Gasteiger partial charge in [-0.25, -0.2) is 8.42 Å². The fourth-order valence-electron chi connectivity index (χ4n) is 4.31. The Hall–Kier alpha value is -2.29. The molecule has 1 fully saturated rings. The number of anilines is 1. The molecule has 0 heterocycles. The molecule has 0 saturated heterocycles. The van der Waals surface area contributed by atoms with Crippen molar-refractivity contribution >= 4 is 50.7 Å². The van der Waals surface area contributed by atoms with Gasteiger partial charge in [-0.3, -0.25) is 13.9 Å². The van der Waals surface area contributed by atoms with Crippen LogP contribution < -0.4 is 9.62 Å². The Morgan fingerprint density at radius 2 is 1.67 bits per heavy atom. The third-order valence-electron chi connectivity index (χ3n) is 6.46. The summed E-state index contributed by atoms with van der Waals surface area (Å²) < 4.78 is 26.3. The summed E-state index contributed by atoms with van der Waals surface area (Å²) >= 11 is 12.2. The Bertz CT molecular complexity index is 1180. The second kappa shape index (κ2) is 12.3. The highest BCUT2D eigenvalue weighted by molar-refractivity contribution is 7.92. The van der Waals surface area contributed by atoms with Gasteiger partial charge in [0, 0.05) is 12.6 Å². The summed E-state index contributed by atoms with van der Waals surface area (Å²) in [6.07, 6.45) is 6.16. The van der Waals surface area contributed by atoms with Crippen molar-refractivity contribution in [1.82, 2.24) is 10.2 Å². The lowest BCUT2D eigenvalue weighted by atomic mass is 9.95. The van der Waals surface area contributed by atoms with E-state index < -0.39 is 28.5 Å². The average molecular weight is 555 g/mol. The van der Waals surface area contributed by atoms with E-state index in [1.807, 2.05) is 6.92 Å². The molecular weight excluding hydrogens is 521 g/mol. The SMILES string of the molecule is Cc1ccc(N(CC(=O)N(Cc2ccc(Cl)c(Cl)c2)[C@H](C)C(=O)NC2CCCCC2)S(C)(=O)=O)cc1. The largest absolute Gasteiger partial charge is 0.352 e. The second-order valence-corrected chi connectivity index (χ2v) is 12.1. The molecule has 1 saturated carbocycles. The van der Waals surface area contributed by atoms with Crippen molar-refractivity contribution in [2.75, 3.05) is 17.1 Å². The van der Waals surface area contributed by atoms with Crippen LogP contribution in [0.2, 0.25) is 10.0 Å². The van der Waals surface area contributed by atoms with E-state index in [4.69, 9.17) is 23.2 Å². The minimum Gasteiger partial charge on any atom is -0.352 e. The molecule has 0 radical (unpaired) electrons. The Kier molecular flexibility index (Phi) is 9.66. The van der Waals surface area contributed by atoms with Crippen molar-refractivity contribution in [3.05, 3.63) is 63.6 Å². The molecule has 1 atom stereocenters.